The maximum atomic E-state index is 11.6. The Morgan fingerprint density at radius 2 is 1.86 bits per heavy atom. The van der Waals surface area contributed by atoms with Crippen LogP contribution in [0.1, 0.15) is 9.67 Å². The summed E-state index contributed by atoms with van der Waals surface area (Å²) in [6, 6.07) is 9.19. The predicted molar refractivity (Wildman–Crippen MR) is 88.5 cm³/mol. The highest BCUT2D eigenvalue weighted by atomic mass is 32.1. The van der Waals surface area contributed by atoms with E-state index in [0.717, 1.165) is 5.69 Å². The molecule has 1 aromatic heterocycles. The van der Waals surface area contributed by atoms with Crippen molar-refractivity contribution in [2.45, 2.75) is 0 Å². The van der Waals surface area contributed by atoms with E-state index in [9.17, 15) is 4.79 Å². The van der Waals surface area contributed by atoms with E-state index in [2.05, 4.69) is 10.6 Å². The minimum absolute atomic E-state index is 0.364. The van der Waals surface area contributed by atoms with E-state index in [0.29, 0.717) is 21.4 Å². The quantitative estimate of drug-likeness (QED) is 0.665. The zero-order chi connectivity index (χ0) is 15.2. The monoisotopic (exact) mass is 322 g/mol. The van der Waals surface area contributed by atoms with Gasteiger partial charge < -0.3 is 20.1 Å². The first-order chi connectivity index (χ1) is 10.2. The molecule has 0 aliphatic rings. The summed E-state index contributed by atoms with van der Waals surface area (Å²) in [7, 11) is 2.93. The van der Waals surface area contributed by atoms with E-state index < -0.39 is 5.97 Å². The fraction of sp³-hybridized carbons (Fsp3) is 0.143. The summed E-state index contributed by atoms with van der Waals surface area (Å²) in [4.78, 5) is 12.1. The van der Waals surface area contributed by atoms with Crippen molar-refractivity contribution in [3.05, 3.63) is 40.6 Å². The third-order valence-corrected chi connectivity index (χ3v) is 3.74. The van der Waals surface area contributed by atoms with E-state index in [1.54, 1.807) is 18.6 Å². The molecule has 110 valence electrons. The first-order valence-electron chi connectivity index (χ1n) is 6.02. The first-order valence-corrected chi connectivity index (χ1v) is 7.31. The molecule has 2 N–H and O–H groups in total. The number of nitrogens with one attached hydrogen (secondary N) is 2. The van der Waals surface area contributed by atoms with Crippen molar-refractivity contribution in [1.29, 1.82) is 0 Å². The lowest BCUT2D eigenvalue weighted by atomic mass is 10.3. The Morgan fingerprint density at radius 1 is 1.14 bits per heavy atom. The number of thiocarbonyl (C=S) groups is 1. The zero-order valence-corrected chi connectivity index (χ0v) is 13.1. The van der Waals surface area contributed by atoms with Crippen molar-refractivity contribution in [2.75, 3.05) is 24.9 Å². The van der Waals surface area contributed by atoms with Crippen molar-refractivity contribution in [2.24, 2.45) is 0 Å². The number of hydrogen-bond acceptors (Lipinski definition) is 5. The summed E-state index contributed by atoms with van der Waals surface area (Å²) in [5.74, 6) is 0.285. The minimum atomic E-state index is -0.396. The van der Waals surface area contributed by atoms with Crippen LogP contribution in [0.3, 0.4) is 0 Å². The molecule has 0 radical (unpaired) electrons. The third-order valence-electron chi connectivity index (χ3n) is 2.64. The number of anilines is 2. The second-order valence-electron chi connectivity index (χ2n) is 3.93. The number of rotatable bonds is 4. The number of ether oxygens (including phenoxy) is 2. The molecule has 1 aromatic carbocycles. The van der Waals surface area contributed by atoms with Gasteiger partial charge in [-0.15, -0.1) is 11.3 Å². The summed E-state index contributed by atoms with van der Waals surface area (Å²) < 4.78 is 9.96. The van der Waals surface area contributed by atoms with Crippen LogP contribution in [0.4, 0.5) is 11.4 Å². The molecular weight excluding hydrogens is 308 g/mol. The third kappa shape index (κ3) is 3.71. The van der Waals surface area contributed by atoms with E-state index in [-0.39, 0.29) is 0 Å². The van der Waals surface area contributed by atoms with Gasteiger partial charge in [-0.25, -0.2) is 4.79 Å². The van der Waals surface area contributed by atoms with Crippen LogP contribution in [0, 0.1) is 0 Å². The van der Waals surface area contributed by atoms with Gasteiger partial charge in [-0.1, -0.05) is 12.1 Å². The van der Waals surface area contributed by atoms with Crippen molar-refractivity contribution in [1.82, 2.24) is 0 Å². The summed E-state index contributed by atoms with van der Waals surface area (Å²) in [6.45, 7) is 0. The second-order valence-corrected chi connectivity index (χ2v) is 5.26. The van der Waals surface area contributed by atoms with Crippen molar-refractivity contribution >= 4 is 46.0 Å². The number of para-hydroxylation sites is 2. The Hall–Kier alpha value is -2.12. The second kappa shape index (κ2) is 7.05. The summed E-state index contributed by atoms with van der Waals surface area (Å²) >= 11 is 6.54. The minimum Gasteiger partial charge on any atom is -0.495 e. The first kappa shape index (κ1) is 15.3. The number of benzene rings is 1. The molecule has 2 rings (SSSR count). The number of thiophene rings is 1. The number of esters is 1. The highest BCUT2D eigenvalue weighted by Crippen LogP contribution is 2.25. The van der Waals surface area contributed by atoms with Crippen LogP contribution in [-0.4, -0.2) is 25.3 Å². The molecule has 1 heterocycles. The van der Waals surface area contributed by atoms with Gasteiger partial charge in [-0.05, 0) is 35.8 Å². The van der Waals surface area contributed by atoms with Gasteiger partial charge in [0.2, 0.25) is 0 Å². The predicted octanol–water partition coefficient (Wildman–Crippen LogP) is 3.35. The van der Waals surface area contributed by atoms with Gasteiger partial charge in [0.25, 0.3) is 0 Å². The van der Waals surface area contributed by atoms with Crippen LogP contribution < -0.4 is 15.4 Å². The smallest absolute Gasteiger partial charge is 0.350 e. The van der Waals surface area contributed by atoms with Gasteiger partial charge in [0.1, 0.15) is 10.6 Å². The molecular formula is C14H14N2O3S2. The highest BCUT2D eigenvalue weighted by molar-refractivity contribution is 7.80. The zero-order valence-electron chi connectivity index (χ0n) is 11.5. The molecule has 0 saturated heterocycles. The number of methoxy groups -OCH3 is 2. The molecule has 0 aliphatic heterocycles. The summed E-state index contributed by atoms with van der Waals surface area (Å²) in [5.41, 5.74) is 1.35. The molecule has 7 heteroatoms. The number of hydrogen-bond donors (Lipinski definition) is 2. The van der Waals surface area contributed by atoms with E-state index in [4.69, 9.17) is 21.7 Å². The van der Waals surface area contributed by atoms with Crippen LogP contribution in [0.2, 0.25) is 0 Å². The van der Waals surface area contributed by atoms with Crippen molar-refractivity contribution in [3.8, 4) is 5.75 Å². The van der Waals surface area contributed by atoms with Crippen LogP contribution in [-0.2, 0) is 4.74 Å². The Morgan fingerprint density at radius 3 is 2.57 bits per heavy atom. The highest BCUT2D eigenvalue weighted by Gasteiger charge is 2.14. The topological polar surface area (TPSA) is 59.6 Å². The Labute approximate surface area is 131 Å². The largest absolute Gasteiger partial charge is 0.495 e. The van der Waals surface area contributed by atoms with Gasteiger partial charge >= 0.3 is 5.97 Å². The average molecular weight is 322 g/mol. The summed E-state index contributed by atoms with van der Waals surface area (Å²) in [5, 5.41) is 8.17. The SMILES string of the molecule is COC(=O)c1sccc1NC(=S)Nc1ccccc1OC. The van der Waals surface area contributed by atoms with Crippen LogP contribution in [0.25, 0.3) is 0 Å². The lowest BCUT2D eigenvalue weighted by Crippen LogP contribution is -2.20. The fourth-order valence-electron chi connectivity index (χ4n) is 1.68. The summed E-state index contributed by atoms with van der Waals surface area (Å²) in [6.07, 6.45) is 0. The molecule has 0 fully saturated rings. The number of carbonyl (C=O) groups excluding carboxylic acids is 1. The van der Waals surface area contributed by atoms with Crippen LogP contribution in [0.5, 0.6) is 5.75 Å². The van der Waals surface area contributed by atoms with Crippen LogP contribution >= 0.6 is 23.6 Å². The Kier molecular flexibility index (Phi) is 5.13. The molecule has 0 unspecified atom stereocenters. The fourth-order valence-corrected chi connectivity index (χ4v) is 2.67. The lowest BCUT2D eigenvalue weighted by Gasteiger charge is -2.13. The molecule has 0 aliphatic carbocycles. The normalized spacial score (nSPS) is 9.81. The van der Waals surface area contributed by atoms with Gasteiger partial charge in [-0.3, -0.25) is 0 Å². The average Bonchev–Trinajstić information content (AvgIpc) is 2.95. The Balaban J connectivity index is 2.09. The molecule has 0 bridgehead atoms. The Bertz CT molecular complexity index is 655. The number of carbonyl (C=O) groups is 1. The van der Waals surface area contributed by atoms with Gasteiger partial charge in [0.15, 0.2) is 5.11 Å². The van der Waals surface area contributed by atoms with Crippen molar-refractivity contribution in [3.63, 3.8) is 0 Å². The molecule has 0 saturated carbocycles. The lowest BCUT2D eigenvalue weighted by molar-refractivity contribution is 0.0607. The molecule has 5 nitrogen and oxygen atoms in total. The van der Waals surface area contributed by atoms with Gasteiger partial charge in [0, 0.05) is 0 Å². The van der Waals surface area contributed by atoms with E-state index >= 15 is 0 Å². The van der Waals surface area contributed by atoms with E-state index in [1.165, 1.54) is 18.4 Å². The molecule has 0 atom stereocenters. The maximum absolute atomic E-state index is 11.6. The standard InChI is InChI=1S/C14H14N2O3S2/c1-18-11-6-4-3-5-9(11)15-14(20)16-10-7-8-21-12(10)13(17)19-2/h3-8H,1-2H3,(H2,15,16,20). The molecule has 0 amide bonds. The van der Waals surface area contributed by atoms with Crippen molar-refractivity contribution < 1.29 is 14.3 Å². The van der Waals surface area contributed by atoms with Gasteiger partial charge in [-0.2, -0.15) is 0 Å². The van der Waals surface area contributed by atoms with E-state index in [1.807, 2.05) is 24.3 Å². The maximum Gasteiger partial charge on any atom is 0.350 e. The molecule has 2 aromatic rings. The molecule has 0 spiro atoms. The van der Waals surface area contributed by atoms with Crippen LogP contribution in [0.15, 0.2) is 35.7 Å². The van der Waals surface area contributed by atoms with Gasteiger partial charge in [0.05, 0.1) is 25.6 Å². The molecule has 21 heavy (non-hydrogen) atoms.